The highest BCUT2D eigenvalue weighted by molar-refractivity contribution is 6.30. The molecule has 0 radical (unpaired) electrons. The van der Waals surface area contributed by atoms with E-state index >= 15 is 0 Å². The van der Waals surface area contributed by atoms with E-state index in [2.05, 4.69) is 5.32 Å². The number of benzene rings is 2. The maximum Gasteiger partial charge on any atom is 0.250 e. The third-order valence-electron chi connectivity index (χ3n) is 5.38. The minimum atomic E-state index is -0.338. The Kier molecular flexibility index (Phi) is 9.04. The van der Waals surface area contributed by atoms with Crippen molar-refractivity contribution in [3.8, 4) is 11.5 Å². The Morgan fingerprint density at radius 2 is 1.54 bits per heavy atom. The molecule has 0 aromatic heterocycles. The molecule has 0 saturated heterocycles. The van der Waals surface area contributed by atoms with Crippen LogP contribution in [-0.2, 0) is 9.53 Å². The molecule has 0 unspecified atom stereocenters. The first kappa shape index (κ1) is 26.4. The van der Waals surface area contributed by atoms with Crippen molar-refractivity contribution in [3.05, 3.63) is 52.6 Å². The van der Waals surface area contributed by atoms with Gasteiger partial charge in [0.25, 0.3) is 0 Å². The summed E-state index contributed by atoms with van der Waals surface area (Å²) in [5.41, 5.74) is 1.31. The maximum atomic E-state index is 13.7. The van der Waals surface area contributed by atoms with E-state index in [0.717, 1.165) is 12.8 Å². The van der Waals surface area contributed by atoms with Crippen molar-refractivity contribution in [3.63, 3.8) is 0 Å². The van der Waals surface area contributed by atoms with Crippen molar-refractivity contribution >= 4 is 23.2 Å². The largest absolute Gasteiger partial charge is 0.493 e. The summed E-state index contributed by atoms with van der Waals surface area (Å²) in [6, 6.07) is 8.17. The van der Waals surface area contributed by atoms with Gasteiger partial charge in [-0.3, -0.25) is 14.4 Å². The number of fused-ring (bicyclic) bond motifs is 2. The molecule has 35 heavy (non-hydrogen) atoms. The quantitative estimate of drug-likeness (QED) is 0.354. The van der Waals surface area contributed by atoms with Gasteiger partial charge in [-0.15, -0.1) is 0 Å². The molecule has 2 aromatic carbocycles. The third-order valence-corrected chi connectivity index (χ3v) is 5.38. The molecule has 0 heterocycles. The lowest BCUT2D eigenvalue weighted by atomic mass is 9.82. The van der Waals surface area contributed by atoms with Crippen molar-refractivity contribution in [2.75, 3.05) is 31.7 Å². The first-order valence-corrected chi connectivity index (χ1v) is 12.3. The Hall–Kier alpha value is -3.19. The molecule has 0 bridgehead atoms. The van der Waals surface area contributed by atoms with Gasteiger partial charge in [0.2, 0.25) is 11.7 Å². The summed E-state index contributed by atoms with van der Waals surface area (Å²) < 4.78 is 17.2. The predicted molar refractivity (Wildman–Crippen MR) is 135 cm³/mol. The van der Waals surface area contributed by atoms with Gasteiger partial charge < -0.3 is 19.5 Å². The van der Waals surface area contributed by atoms with Crippen LogP contribution in [0.4, 0.5) is 5.69 Å². The van der Waals surface area contributed by atoms with E-state index < -0.39 is 0 Å². The first-order valence-electron chi connectivity index (χ1n) is 12.3. The van der Waals surface area contributed by atoms with Crippen LogP contribution in [0.25, 0.3) is 0 Å². The van der Waals surface area contributed by atoms with Crippen molar-refractivity contribution in [2.45, 2.75) is 47.5 Å². The molecule has 1 aliphatic rings. The van der Waals surface area contributed by atoms with Gasteiger partial charge in [-0.2, -0.15) is 0 Å². The van der Waals surface area contributed by atoms with Gasteiger partial charge in [-0.05, 0) is 30.4 Å². The van der Waals surface area contributed by atoms with Crippen LogP contribution in [0, 0.1) is 11.8 Å². The fourth-order valence-electron chi connectivity index (χ4n) is 3.68. The van der Waals surface area contributed by atoms with Crippen LogP contribution in [0.2, 0.25) is 0 Å². The zero-order valence-corrected chi connectivity index (χ0v) is 21.2. The van der Waals surface area contributed by atoms with Crippen LogP contribution < -0.4 is 14.8 Å². The van der Waals surface area contributed by atoms with Crippen LogP contribution in [0.15, 0.2) is 30.3 Å². The Labute approximate surface area is 207 Å². The van der Waals surface area contributed by atoms with Gasteiger partial charge in [0.1, 0.15) is 18.1 Å². The smallest absolute Gasteiger partial charge is 0.250 e. The second kappa shape index (κ2) is 12.0. The van der Waals surface area contributed by atoms with E-state index in [1.807, 2.05) is 34.6 Å². The van der Waals surface area contributed by atoms with Crippen LogP contribution in [0.5, 0.6) is 11.5 Å². The fourth-order valence-corrected chi connectivity index (χ4v) is 3.68. The van der Waals surface area contributed by atoms with E-state index in [9.17, 15) is 14.4 Å². The molecule has 188 valence electrons. The monoisotopic (exact) mass is 481 g/mol. The minimum Gasteiger partial charge on any atom is -0.493 e. The van der Waals surface area contributed by atoms with E-state index in [4.69, 9.17) is 14.2 Å². The zero-order chi connectivity index (χ0) is 25.5. The number of carbonyl (C=O) groups is 3. The van der Waals surface area contributed by atoms with Gasteiger partial charge in [-0.1, -0.05) is 53.2 Å². The molecule has 1 amide bonds. The fraction of sp³-hybridized carbons (Fsp3) is 0.464. The summed E-state index contributed by atoms with van der Waals surface area (Å²) in [4.78, 5) is 39.6. The molecule has 7 heteroatoms. The number of hydrogen-bond acceptors (Lipinski definition) is 6. The lowest BCUT2D eigenvalue weighted by molar-refractivity contribution is -0.120. The van der Waals surface area contributed by atoms with Gasteiger partial charge in [0, 0.05) is 29.5 Å². The number of unbranched alkanes of at least 4 members (excludes halogenated alkanes) is 1. The van der Waals surface area contributed by atoms with Crippen molar-refractivity contribution < 1.29 is 28.6 Å². The SMILES string of the molecule is CCCCOCC(=O)Nc1cc(OCC(C)C)c2c(c1)C(=O)c1cccc(OCC(C)C)c1C2=O. The predicted octanol–water partition coefficient (Wildman–Crippen LogP) is 5.29. The highest BCUT2D eigenvalue weighted by atomic mass is 16.5. The Balaban J connectivity index is 1.98. The van der Waals surface area contributed by atoms with Crippen LogP contribution in [0.1, 0.15) is 79.3 Å². The number of amides is 1. The molecule has 3 rings (SSSR count). The maximum absolute atomic E-state index is 13.7. The molecule has 0 atom stereocenters. The average Bonchev–Trinajstić information content (AvgIpc) is 2.82. The molecule has 0 fully saturated rings. The molecular formula is C28H35NO6. The molecule has 1 N–H and O–H groups in total. The lowest BCUT2D eigenvalue weighted by Gasteiger charge is -2.24. The molecule has 7 nitrogen and oxygen atoms in total. The molecule has 1 aliphatic carbocycles. The van der Waals surface area contributed by atoms with Crippen LogP contribution in [-0.4, -0.2) is 43.9 Å². The van der Waals surface area contributed by atoms with Gasteiger partial charge in [-0.25, -0.2) is 0 Å². The summed E-state index contributed by atoms with van der Waals surface area (Å²) >= 11 is 0. The van der Waals surface area contributed by atoms with Crippen molar-refractivity contribution in [1.29, 1.82) is 0 Å². The number of hydrogen-bond donors (Lipinski definition) is 1. The van der Waals surface area contributed by atoms with Crippen molar-refractivity contribution in [2.24, 2.45) is 11.8 Å². The van der Waals surface area contributed by atoms with Gasteiger partial charge >= 0.3 is 0 Å². The Morgan fingerprint density at radius 1 is 0.886 bits per heavy atom. The second-order valence-corrected chi connectivity index (χ2v) is 9.60. The molecular weight excluding hydrogens is 446 g/mol. The molecule has 0 spiro atoms. The average molecular weight is 482 g/mol. The summed E-state index contributed by atoms with van der Waals surface area (Å²) in [6.07, 6.45) is 1.85. The highest BCUT2D eigenvalue weighted by Gasteiger charge is 2.35. The second-order valence-electron chi connectivity index (χ2n) is 9.60. The van der Waals surface area contributed by atoms with Gasteiger partial charge in [0.05, 0.1) is 24.3 Å². The van der Waals surface area contributed by atoms with E-state index in [0.29, 0.717) is 31.3 Å². The molecule has 2 aromatic rings. The number of ether oxygens (including phenoxy) is 3. The Morgan fingerprint density at radius 3 is 2.20 bits per heavy atom. The number of carbonyl (C=O) groups excluding carboxylic acids is 3. The number of anilines is 1. The summed E-state index contributed by atoms with van der Waals surface area (Å²) in [6.45, 7) is 11.2. The van der Waals surface area contributed by atoms with E-state index in [1.54, 1.807) is 24.3 Å². The number of rotatable bonds is 12. The van der Waals surface area contributed by atoms with Crippen LogP contribution >= 0.6 is 0 Å². The standard InChI is InChI=1S/C28H35NO6/c1-6-7-11-33-16-24(30)29-19-12-21-26(23(13-19)35-15-18(4)5)28(32)25-20(27(21)31)9-8-10-22(25)34-14-17(2)3/h8-10,12-13,17-18H,6-7,11,14-16H2,1-5H3,(H,29,30). The third kappa shape index (κ3) is 6.48. The zero-order valence-electron chi connectivity index (χ0n) is 21.2. The number of nitrogens with one attached hydrogen (secondary N) is 1. The first-order chi connectivity index (χ1) is 16.7. The van der Waals surface area contributed by atoms with Crippen molar-refractivity contribution in [1.82, 2.24) is 0 Å². The van der Waals surface area contributed by atoms with Crippen LogP contribution in [0.3, 0.4) is 0 Å². The van der Waals surface area contributed by atoms with E-state index in [-0.39, 0.29) is 63.9 Å². The summed E-state index contributed by atoms with van der Waals surface area (Å²) in [7, 11) is 0. The minimum absolute atomic E-state index is 0.0917. The summed E-state index contributed by atoms with van der Waals surface area (Å²) in [5.74, 6) is 0.132. The normalized spacial score (nSPS) is 12.5. The lowest BCUT2D eigenvalue weighted by Crippen LogP contribution is -2.25. The van der Waals surface area contributed by atoms with Gasteiger partial charge in [0.15, 0.2) is 5.78 Å². The highest BCUT2D eigenvalue weighted by Crippen LogP contribution is 2.39. The molecule has 0 aliphatic heterocycles. The molecule has 0 saturated carbocycles. The Bertz CT molecular complexity index is 1090. The van der Waals surface area contributed by atoms with E-state index in [1.165, 1.54) is 6.07 Å². The topological polar surface area (TPSA) is 90.9 Å². The summed E-state index contributed by atoms with van der Waals surface area (Å²) in [5, 5.41) is 2.77. The number of ketones is 2.